The van der Waals surface area contributed by atoms with Gasteiger partial charge in [-0.05, 0) is 31.5 Å². The molecule has 1 rings (SSSR count). The number of benzene rings is 1. The third kappa shape index (κ3) is 5.45. The number of hydrogen-bond acceptors (Lipinski definition) is 4. The Hall–Kier alpha value is -1.17. The summed E-state index contributed by atoms with van der Waals surface area (Å²) in [5, 5.41) is 13.5. The van der Waals surface area contributed by atoms with Crippen LogP contribution in [0.2, 0.25) is 0 Å². The second-order valence-electron chi connectivity index (χ2n) is 5.10. The van der Waals surface area contributed by atoms with Crippen LogP contribution in [0.1, 0.15) is 18.9 Å². The molecule has 0 heterocycles. The van der Waals surface area contributed by atoms with Gasteiger partial charge in [-0.15, -0.1) is 0 Å². The minimum Gasteiger partial charge on any atom is -0.494 e. The van der Waals surface area contributed by atoms with E-state index in [9.17, 15) is 9.50 Å². The van der Waals surface area contributed by atoms with E-state index < -0.39 is 11.4 Å². The molecule has 0 aliphatic carbocycles. The minimum absolute atomic E-state index is 0.205. The Labute approximate surface area is 119 Å². The second kappa shape index (κ2) is 8.19. The van der Waals surface area contributed by atoms with E-state index in [1.54, 1.807) is 32.2 Å². The van der Waals surface area contributed by atoms with Crippen LogP contribution >= 0.6 is 0 Å². The molecule has 5 heteroatoms. The molecule has 1 aromatic rings. The predicted molar refractivity (Wildman–Crippen MR) is 76.6 cm³/mol. The lowest BCUT2D eigenvalue weighted by Crippen LogP contribution is -2.33. The maximum atomic E-state index is 14.0. The number of halogens is 1. The third-order valence-corrected chi connectivity index (χ3v) is 3.16. The fourth-order valence-corrected chi connectivity index (χ4v) is 2.01. The fourth-order valence-electron chi connectivity index (χ4n) is 2.01. The van der Waals surface area contributed by atoms with Gasteiger partial charge in [0.1, 0.15) is 0 Å². The number of rotatable bonds is 9. The van der Waals surface area contributed by atoms with Crippen molar-refractivity contribution in [3.8, 4) is 5.75 Å². The van der Waals surface area contributed by atoms with E-state index in [2.05, 4.69) is 5.32 Å². The Morgan fingerprint density at radius 1 is 1.30 bits per heavy atom. The molecule has 0 amide bonds. The van der Waals surface area contributed by atoms with Gasteiger partial charge in [0.25, 0.3) is 0 Å². The van der Waals surface area contributed by atoms with E-state index in [1.807, 2.05) is 0 Å². The molecule has 20 heavy (non-hydrogen) atoms. The lowest BCUT2D eigenvalue weighted by molar-refractivity contribution is 0.0501. The zero-order chi connectivity index (χ0) is 15.0. The van der Waals surface area contributed by atoms with Gasteiger partial charge in [-0.2, -0.15) is 0 Å². The molecular weight excluding hydrogens is 261 g/mol. The molecule has 0 aliphatic heterocycles. The normalized spacial score (nSPS) is 14.1. The summed E-state index contributed by atoms with van der Waals surface area (Å²) >= 11 is 0. The first-order chi connectivity index (χ1) is 9.50. The number of aliphatic hydroxyl groups is 1. The van der Waals surface area contributed by atoms with Gasteiger partial charge in [-0.1, -0.05) is 12.1 Å². The van der Waals surface area contributed by atoms with Crippen LogP contribution in [0.4, 0.5) is 4.39 Å². The summed E-state index contributed by atoms with van der Waals surface area (Å²) in [7, 11) is 3.07. The summed E-state index contributed by atoms with van der Waals surface area (Å²) < 4.78 is 23.9. The summed E-state index contributed by atoms with van der Waals surface area (Å²) in [6.07, 6.45) is 0.787. The fraction of sp³-hybridized carbons (Fsp3) is 0.600. The molecule has 1 aromatic carbocycles. The number of methoxy groups -OCH3 is 2. The quantitative estimate of drug-likeness (QED) is 0.679. The first kappa shape index (κ1) is 16.9. The van der Waals surface area contributed by atoms with Crippen molar-refractivity contribution in [2.24, 2.45) is 0 Å². The third-order valence-electron chi connectivity index (χ3n) is 3.16. The van der Waals surface area contributed by atoms with Crippen LogP contribution < -0.4 is 10.1 Å². The van der Waals surface area contributed by atoms with Gasteiger partial charge in [0.2, 0.25) is 0 Å². The zero-order valence-corrected chi connectivity index (χ0v) is 12.4. The highest BCUT2D eigenvalue weighted by molar-refractivity contribution is 5.31. The molecule has 114 valence electrons. The smallest absolute Gasteiger partial charge is 0.168 e. The van der Waals surface area contributed by atoms with Crippen molar-refractivity contribution < 1.29 is 19.0 Å². The maximum absolute atomic E-state index is 14.0. The average molecular weight is 285 g/mol. The van der Waals surface area contributed by atoms with Crippen LogP contribution in [0.25, 0.3) is 0 Å². The topological polar surface area (TPSA) is 50.7 Å². The van der Waals surface area contributed by atoms with Crippen molar-refractivity contribution in [3.63, 3.8) is 0 Å². The summed E-state index contributed by atoms with van der Waals surface area (Å²) in [6.45, 7) is 3.73. The Bertz CT molecular complexity index is 410. The van der Waals surface area contributed by atoms with Crippen molar-refractivity contribution in [1.29, 1.82) is 0 Å². The van der Waals surface area contributed by atoms with E-state index in [4.69, 9.17) is 9.47 Å². The molecule has 0 radical (unpaired) electrons. The van der Waals surface area contributed by atoms with Crippen molar-refractivity contribution >= 4 is 0 Å². The summed E-state index contributed by atoms with van der Waals surface area (Å²) in [6, 6.07) is 4.97. The maximum Gasteiger partial charge on any atom is 0.168 e. The summed E-state index contributed by atoms with van der Waals surface area (Å²) in [5.41, 5.74) is -0.501. The predicted octanol–water partition coefficient (Wildman–Crippen LogP) is 1.75. The van der Waals surface area contributed by atoms with E-state index >= 15 is 0 Å². The number of hydrogen-bond donors (Lipinski definition) is 2. The molecular formula is C15H24FNO3. The Morgan fingerprint density at radius 2 is 2.05 bits per heavy atom. The highest BCUT2D eigenvalue weighted by Gasteiger charge is 2.23. The molecule has 0 aromatic heterocycles. The molecule has 0 fully saturated rings. The zero-order valence-electron chi connectivity index (χ0n) is 12.4. The lowest BCUT2D eigenvalue weighted by atomic mass is 9.93. The molecule has 0 aliphatic rings. The Balaban J connectivity index is 2.53. The standard InChI is InChI=1S/C15H24FNO3/c1-15(18,7-8-17-9-10-19-2)11-12-5-4-6-13(20-3)14(12)16/h4-6,17-18H,7-11H2,1-3H3. The van der Waals surface area contributed by atoms with Gasteiger partial charge in [-0.3, -0.25) is 0 Å². The highest BCUT2D eigenvalue weighted by Crippen LogP contribution is 2.24. The SMILES string of the molecule is COCCNCCC(C)(O)Cc1cccc(OC)c1F. The summed E-state index contributed by atoms with van der Waals surface area (Å²) in [5.74, 6) is -0.195. The molecule has 0 saturated carbocycles. The number of nitrogens with one attached hydrogen (secondary N) is 1. The van der Waals surface area contributed by atoms with Gasteiger partial charge in [0.15, 0.2) is 11.6 Å². The number of ether oxygens (including phenoxy) is 2. The molecule has 0 bridgehead atoms. The van der Waals surface area contributed by atoms with Gasteiger partial charge >= 0.3 is 0 Å². The molecule has 0 spiro atoms. The molecule has 0 saturated heterocycles. The van der Waals surface area contributed by atoms with E-state index in [1.165, 1.54) is 7.11 Å². The molecule has 2 N–H and O–H groups in total. The van der Waals surface area contributed by atoms with Gasteiger partial charge in [0.05, 0.1) is 19.3 Å². The van der Waals surface area contributed by atoms with Crippen LogP contribution in [0, 0.1) is 5.82 Å². The van der Waals surface area contributed by atoms with Crippen LogP contribution in [-0.4, -0.2) is 44.6 Å². The molecule has 1 atom stereocenters. The second-order valence-corrected chi connectivity index (χ2v) is 5.10. The van der Waals surface area contributed by atoms with Crippen molar-refractivity contribution in [1.82, 2.24) is 5.32 Å². The van der Waals surface area contributed by atoms with Gasteiger partial charge < -0.3 is 19.9 Å². The first-order valence-corrected chi connectivity index (χ1v) is 6.73. The molecule has 4 nitrogen and oxygen atoms in total. The molecule has 1 unspecified atom stereocenters. The first-order valence-electron chi connectivity index (χ1n) is 6.73. The average Bonchev–Trinajstić information content (AvgIpc) is 2.40. The van der Waals surface area contributed by atoms with E-state index in [0.29, 0.717) is 25.1 Å². The Kier molecular flexibility index (Phi) is 6.91. The lowest BCUT2D eigenvalue weighted by Gasteiger charge is -2.24. The Morgan fingerprint density at radius 3 is 2.70 bits per heavy atom. The van der Waals surface area contributed by atoms with Crippen LogP contribution in [0.15, 0.2) is 18.2 Å². The van der Waals surface area contributed by atoms with E-state index in [-0.39, 0.29) is 12.2 Å². The van der Waals surface area contributed by atoms with Crippen molar-refractivity contribution in [3.05, 3.63) is 29.6 Å². The van der Waals surface area contributed by atoms with Crippen LogP contribution in [0.5, 0.6) is 5.75 Å². The van der Waals surface area contributed by atoms with Crippen LogP contribution in [0.3, 0.4) is 0 Å². The largest absolute Gasteiger partial charge is 0.494 e. The van der Waals surface area contributed by atoms with Crippen LogP contribution in [-0.2, 0) is 11.2 Å². The minimum atomic E-state index is -0.965. The van der Waals surface area contributed by atoms with Crippen molar-refractivity contribution in [2.45, 2.75) is 25.4 Å². The monoisotopic (exact) mass is 285 g/mol. The van der Waals surface area contributed by atoms with Gasteiger partial charge in [0, 0.05) is 20.1 Å². The van der Waals surface area contributed by atoms with Crippen molar-refractivity contribution in [2.75, 3.05) is 33.9 Å². The summed E-state index contributed by atoms with van der Waals surface area (Å²) in [4.78, 5) is 0. The highest BCUT2D eigenvalue weighted by atomic mass is 19.1. The van der Waals surface area contributed by atoms with Gasteiger partial charge in [-0.25, -0.2) is 4.39 Å². The van der Waals surface area contributed by atoms with E-state index in [0.717, 1.165) is 6.54 Å².